The van der Waals surface area contributed by atoms with Crippen molar-refractivity contribution in [1.29, 1.82) is 0 Å². The Morgan fingerprint density at radius 1 is 1.21 bits per heavy atom. The van der Waals surface area contributed by atoms with Crippen molar-refractivity contribution in [3.8, 4) is 11.5 Å². The second-order valence-electron chi connectivity index (χ2n) is 6.03. The Balaban J connectivity index is 2.08. The third kappa shape index (κ3) is 7.62. The van der Waals surface area contributed by atoms with E-state index in [-0.39, 0.29) is 29.4 Å². The van der Waals surface area contributed by atoms with E-state index < -0.39 is 10.1 Å². The van der Waals surface area contributed by atoms with Crippen LogP contribution in [-0.4, -0.2) is 41.9 Å². The van der Waals surface area contributed by atoms with Gasteiger partial charge in [-0.3, -0.25) is 4.55 Å². The fourth-order valence-electron chi connectivity index (χ4n) is 2.51. The molecule has 0 aliphatic rings. The monoisotopic (exact) mass is 425 g/mol. The van der Waals surface area contributed by atoms with Gasteiger partial charge in [0.05, 0.1) is 11.9 Å². The number of nitrogens with zero attached hydrogens (tertiary/aromatic N) is 4. The van der Waals surface area contributed by atoms with E-state index in [1.807, 2.05) is 11.8 Å². The molecule has 158 valence electrons. The third-order valence-electron chi connectivity index (χ3n) is 3.77. The zero-order valence-corrected chi connectivity index (χ0v) is 16.6. The number of pyridine rings is 1. The largest absolute Gasteiger partial charge is 0.506 e. The van der Waals surface area contributed by atoms with E-state index in [0.717, 1.165) is 6.42 Å². The third-order valence-corrected chi connectivity index (χ3v) is 4.58. The van der Waals surface area contributed by atoms with Gasteiger partial charge in [0.1, 0.15) is 11.4 Å². The standard InChI is InChI=1S/C17H23N5O6S/c1-2-8-22(9-3-10-29(24,25)26)13-4-6-15(16(23)11-13)20-21-17-7-5-14(12-19-17)27-28-18/h4-7,11-12,23H,2-3,8-10,18H2,1H3,(H,24,25,26). The van der Waals surface area contributed by atoms with E-state index in [1.165, 1.54) is 24.4 Å². The molecule has 0 saturated carbocycles. The van der Waals surface area contributed by atoms with E-state index in [2.05, 4.69) is 25.1 Å². The fraction of sp³-hybridized carbons (Fsp3) is 0.353. The maximum absolute atomic E-state index is 10.9. The molecule has 0 atom stereocenters. The molecule has 1 aromatic heterocycles. The molecule has 2 rings (SSSR count). The van der Waals surface area contributed by atoms with Crippen molar-refractivity contribution in [2.75, 3.05) is 23.7 Å². The van der Waals surface area contributed by atoms with Crippen molar-refractivity contribution >= 4 is 27.3 Å². The molecule has 0 unspecified atom stereocenters. The average molecular weight is 425 g/mol. The van der Waals surface area contributed by atoms with Crippen LogP contribution in [0, 0.1) is 0 Å². The molecule has 11 nitrogen and oxygen atoms in total. The van der Waals surface area contributed by atoms with Crippen LogP contribution in [-0.2, 0) is 15.1 Å². The van der Waals surface area contributed by atoms with Crippen molar-refractivity contribution in [3.63, 3.8) is 0 Å². The minimum Gasteiger partial charge on any atom is -0.506 e. The highest BCUT2D eigenvalue weighted by atomic mass is 32.2. The normalized spacial score (nSPS) is 11.7. The Labute approximate surface area is 168 Å². The van der Waals surface area contributed by atoms with E-state index in [1.54, 1.807) is 12.1 Å². The second-order valence-corrected chi connectivity index (χ2v) is 7.60. The lowest BCUT2D eigenvalue weighted by Crippen LogP contribution is -2.26. The van der Waals surface area contributed by atoms with Crippen LogP contribution in [0.3, 0.4) is 0 Å². The van der Waals surface area contributed by atoms with Gasteiger partial charge in [0.25, 0.3) is 10.1 Å². The first-order valence-electron chi connectivity index (χ1n) is 8.76. The van der Waals surface area contributed by atoms with E-state index in [4.69, 9.17) is 10.4 Å². The van der Waals surface area contributed by atoms with E-state index >= 15 is 0 Å². The summed E-state index contributed by atoms with van der Waals surface area (Å²) in [7, 11) is -4.00. The highest BCUT2D eigenvalue weighted by Gasteiger charge is 2.11. The molecule has 0 radical (unpaired) electrons. The molecule has 0 saturated heterocycles. The van der Waals surface area contributed by atoms with Crippen molar-refractivity contribution in [2.24, 2.45) is 16.1 Å². The maximum Gasteiger partial charge on any atom is 0.264 e. The summed E-state index contributed by atoms with van der Waals surface area (Å²) in [5, 5.41) is 18.2. The molecule has 2 aromatic rings. The minimum atomic E-state index is -4.00. The summed E-state index contributed by atoms with van der Waals surface area (Å²) in [6.45, 7) is 3.07. The Morgan fingerprint density at radius 3 is 2.59 bits per heavy atom. The Kier molecular flexibility index (Phi) is 8.27. The number of aromatic hydroxyl groups is 1. The van der Waals surface area contributed by atoms with Crippen LogP contribution >= 0.6 is 0 Å². The van der Waals surface area contributed by atoms with Crippen molar-refractivity contribution in [3.05, 3.63) is 36.5 Å². The molecular formula is C17H23N5O6S. The second kappa shape index (κ2) is 10.7. The molecule has 0 fully saturated rings. The number of hydrogen-bond acceptors (Lipinski definition) is 10. The minimum absolute atomic E-state index is 0.0846. The molecule has 0 bridgehead atoms. The van der Waals surface area contributed by atoms with Gasteiger partial charge in [-0.05, 0) is 37.1 Å². The first-order chi connectivity index (χ1) is 13.8. The number of rotatable bonds is 11. The summed E-state index contributed by atoms with van der Waals surface area (Å²) in [4.78, 5) is 14.5. The van der Waals surface area contributed by atoms with E-state index in [9.17, 15) is 13.5 Å². The maximum atomic E-state index is 10.9. The SMILES string of the molecule is CCCN(CCCS(=O)(=O)O)c1ccc(N=Nc2ccc(OON)cn2)c(O)c1. The number of phenols is 1. The summed E-state index contributed by atoms with van der Waals surface area (Å²) in [5.41, 5.74) is 0.954. The molecular weight excluding hydrogens is 402 g/mol. The van der Waals surface area contributed by atoms with Gasteiger partial charge in [0.15, 0.2) is 11.6 Å². The quantitative estimate of drug-likeness (QED) is 0.213. The highest BCUT2D eigenvalue weighted by molar-refractivity contribution is 7.85. The number of nitrogens with two attached hydrogens (primary N) is 1. The lowest BCUT2D eigenvalue weighted by molar-refractivity contribution is -0.211. The molecule has 29 heavy (non-hydrogen) atoms. The lowest BCUT2D eigenvalue weighted by Gasteiger charge is -2.24. The first kappa shape index (κ1) is 22.5. The van der Waals surface area contributed by atoms with Gasteiger partial charge < -0.3 is 14.9 Å². The van der Waals surface area contributed by atoms with Crippen LogP contribution in [0.1, 0.15) is 19.8 Å². The fourth-order valence-corrected chi connectivity index (χ4v) is 3.01. The molecule has 12 heteroatoms. The topological polar surface area (TPSA) is 160 Å². The zero-order chi connectivity index (χ0) is 21.3. The Morgan fingerprint density at radius 2 is 2.00 bits per heavy atom. The van der Waals surface area contributed by atoms with Gasteiger partial charge in [-0.15, -0.1) is 10.2 Å². The van der Waals surface area contributed by atoms with Crippen molar-refractivity contribution in [1.82, 2.24) is 4.98 Å². The molecule has 0 amide bonds. The summed E-state index contributed by atoms with van der Waals surface area (Å²) < 4.78 is 30.7. The smallest absolute Gasteiger partial charge is 0.264 e. The zero-order valence-electron chi connectivity index (χ0n) is 15.8. The predicted octanol–water partition coefficient (Wildman–Crippen LogP) is 2.88. The van der Waals surface area contributed by atoms with Crippen LogP contribution < -0.4 is 15.7 Å². The van der Waals surface area contributed by atoms with Gasteiger partial charge in [-0.1, -0.05) is 11.9 Å². The van der Waals surface area contributed by atoms with Gasteiger partial charge in [0.2, 0.25) is 0 Å². The van der Waals surface area contributed by atoms with Gasteiger partial charge in [-0.25, -0.2) is 4.98 Å². The number of azo groups is 1. The number of hydrogen-bond donors (Lipinski definition) is 3. The van der Waals surface area contributed by atoms with Crippen LogP contribution in [0.15, 0.2) is 46.8 Å². The molecule has 0 aliphatic heterocycles. The first-order valence-corrected chi connectivity index (χ1v) is 10.4. The van der Waals surface area contributed by atoms with Crippen molar-refractivity contribution in [2.45, 2.75) is 19.8 Å². The Hall–Kier alpha value is -2.80. The van der Waals surface area contributed by atoms with Gasteiger partial charge >= 0.3 is 0 Å². The van der Waals surface area contributed by atoms with Crippen molar-refractivity contribution < 1.29 is 28.0 Å². The predicted molar refractivity (Wildman–Crippen MR) is 106 cm³/mol. The molecule has 0 aliphatic carbocycles. The summed E-state index contributed by atoms with van der Waals surface area (Å²) >= 11 is 0. The van der Waals surface area contributed by atoms with Crippen LogP contribution in [0.5, 0.6) is 11.5 Å². The average Bonchev–Trinajstić information content (AvgIpc) is 2.67. The molecule has 1 aromatic carbocycles. The molecule has 4 N–H and O–H groups in total. The number of benzene rings is 1. The number of aromatic nitrogens is 1. The number of phenolic OH excluding ortho intramolecular Hbond substituents is 1. The molecule has 1 heterocycles. The van der Waals surface area contributed by atoms with Crippen LogP contribution in [0.2, 0.25) is 0 Å². The van der Waals surface area contributed by atoms with Crippen LogP contribution in [0.25, 0.3) is 0 Å². The Bertz CT molecular complexity index is 920. The van der Waals surface area contributed by atoms with Crippen LogP contribution in [0.4, 0.5) is 17.2 Å². The summed E-state index contributed by atoms with van der Waals surface area (Å²) in [6.07, 6.45) is 2.44. The lowest BCUT2D eigenvalue weighted by atomic mass is 10.2. The summed E-state index contributed by atoms with van der Waals surface area (Å²) in [5.74, 6) is 4.97. The number of anilines is 1. The highest BCUT2D eigenvalue weighted by Crippen LogP contribution is 2.32. The summed E-state index contributed by atoms with van der Waals surface area (Å²) in [6, 6.07) is 7.94. The van der Waals surface area contributed by atoms with Gasteiger partial charge in [0, 0.05) is 24.8 Å². The van der Waals surface area contributed by atoms with Gasteiger partial charge in [-0.2, -0.15) is 14.3 Å². The van der Waals surface area contributed by atoms with E-state index in [0.29, 0.717) is 24.5 Å². The molecule has 0 spiro atoms.